The third-order valence-electron chi connectivity index (χ3n) is 3.52. The molecule has 8 heteroatoms. The molecule has 0 saturated carbocycles. The van der Waals surface area contributed by atoms with E-state index in [0.29, 0.717) is 17.4 Å². The summed E-state index contributed by atoms with van der Waals surface area (Å²) in [5, 5.41) is 10.2. The van der Waals surface area contributed by atoms with E-state index >= 15 is 0 Å². The number of methoxy groups -OCH3 is 1. The summed E-state index contributed by atoms with van der Waals surface area (Å²) < 4.78 is 6.96. The number of aryl methyl sites for hydroxylation is 2. The number of aromatic nitrogens is 4. The number of aliphatic hydroxyl groups is 1. The van der Waals surface area contributed by atoms with Gasteiger partial charge in [0.05, 0.1) is 30.4 Å². The largest absolute Gasteiger partial charge is 0.481 e. The van der Waals surface area contributed by atoms with E-state index in [1.54, 1.807) is 31.8 Å². The number of fused-ring (bicyclic) bond motifs is 1. The Labute approximate surface area is 151 Å². The number of ether oxygens (including phenoxy) is 1. The van der Waals surface area contributed by atoms with Crippen molar-refractivity contribution in [3.8, 4) is 5.88 Å². The molecule has 0 fully saturated rings. The van der Waals surface area contributed by atoms with E-state index in [4.69, 9.17) is 9.84 Å². The number of pyridine rings is 1. The Kier molecular flexibility index (Phi) is 6.40. The molecule has 3 heterocycles. The molecule has 0 atom stereocenters. The van der Waals surface area contributed by atoms with E-state index in [-0.39, 0.29) is 0 Å². The van der Waals surface area contributed by atoms with Gasteiger partial charge < -0.3 is 15.2 Å². The first-order chi connectivity index (χ1) is 12.6. The maximum Gasteiger partial charge on any atom is 0.234 e. The van der Waals surface area contributed by atoms with Crippen molar-refractivity contribution in [3.05, 3.63) is 53.9 Å². The Morgan fingerprint density at radius 2 is 2.04 bits per heavy atom. The number of aliphatic hydroxyl groups excluding tert-OH is 1. The van der Waals surface area contributed by atoms with Gasteiger partial charge in [0.2, 0.25) is 11.7 Å². The van der Waals surface area contributed by atoms with Gasteiger partial charge in [-0.25, -0.2) is 15.0 Å². The zero-order chi connectivity index (χ0) is 19.1. The van der Waals surface area contributed by atoms with E-state index in [2.05, 4.69) is 32.0 Å². The lowest BCUT2D eigenvalue weighted by Gasteiger charge is -2.06. The van der Waals surface area contributed by atoms with Crippen molar-refractivity contribution in [2.45, 2.75) is 13.8 Å². The van der Waals surface area contributed by atoms with E-state index < -0.39 is 0 Å². The molecule has 0 amide bonds. The second-order valence-corrected chi connectivity index (χ2v) is 5.27. The third kappa shape index (κ3) is 4.04. The second kappa shape index (κ2) is 8.72. The van der Waals surface area contributed by atoms with Crippen LogP contribution < -0.4 is 10.1 Å². The number of hydrogen-bond acceptors (Lipinski definition) is 7. The van der Waals surface area contributed by atoms with Crippen LogP contribution in [0.3, 0.4) is 0 Å². The second-order valence-electron chi connectivity index (χ2n) is 5.27. The highest BCUT2D eigenvalue weighted by molar-refractivity contribution is 5.71. The molecular formula is C18H22N6O2. The molecule has 3 aromatic rings. The van der Waals surface area contributed by atoms with Crippen LogP contribution in [0, 0.1) is 13.8 Å². The summed E-state index contributed by atoms with van der Waals surface area (Å²) in [5.41, 5.74) is 4.21. The molecule has 0 aliphatic carbocycles. The maximum atomic E-state index is 7.00. The Bertz CT molecular complexity index is 915. The standard InChI is InChI=1S/C17H18N6O.CH4O/c1-11-7-21-17-22-12(2)16(23(17)10-11)14(18-3)9-19-13-5-6-15(24-4)20-8-13;1-2/h5-10,19H,3H2,1-2,4H3;2H,1H3/b14-9-;. The van der Waals surface area contributed by atoms with Crippen molar-refractivity contribution >= 4 is 23.9 Å². The molecule has 0 aromatic carbocycles. The SMILES string of the molecule is C=N/C(=C\Nc1ccc(OC)nc1)c1c(C)nc2ncc(C)cn12.CO. The van der Waals surface area contributed by atoms with Crippen molar-refractivity contribution in [2.75, 3.05) is 19.5 Å². The van der Waals surface area contributed by atoms with Crippen LogP contribution in [0.15, 0.2) is 41.9 Å². The van der Waals surface area contributed by atoms with E-state index in [1.165, 1.54) is 0 Å². The third-order valence-corrected chi connectivity index (χ3v) is 3.52. The number of imidazole rings is 1. The highest BCUT2D eigenvalue weighted by atomic mass is 16.5. The molecular weight excluding hydrogens is 332 g/mol. The van der Waals surface area contributed by atoms with Crippen LogP contribution in [0.2, 0.25) is 0 Å². The zero-order valence-electron chi connectivity index (χ0n) is 15.3. The molecule has 2 N–H and O–H groups in total. The Morgan fingerprint density at radius 1 is 1.27 bits per heavy atom. The first kappa shape index (κ1) is 19.1. The molecule has 0 saturated heterocycles. The van der Waals surface area contributed by atoms with Gasteiger partial charge in [0.15, 0.2) is 0 Å². The van der Waals surface area contributed by atoms with Gasteiger partial charge in [0, 0.05) is 31.8 Å². The van der Waals surface area contributed by atoms with Crippen molar-refractivity contribution < 1.29 is 9.84 Å². The number of nitrogens with one attached hydrogen (secondary N) is 1. The summed E-state index contributed by atoms with van der Waals surface area (Å²) >= 11 is 0. The Hall–Kier alpha value is -3.26. The van der Waals surface area contributed by atoms with Gasteiger partial charge in [-0.3, -0.25) is 9.39 Å². The van der Waals surface area contributed by atoms with Crippen LogP contribution in [-0.2, 0) is 0 Å². The fraction of sp³-hybridized carbons (Fsp3) is 0.222. The summed E-state index contributed by atoms with van der Waals surface area (Å²) in [5.74, 6) is 1.19. The van der Waals surface area contributed by atoms with Gasteiger partial charge in [-0.15, -0.1) is 0 Å². The molecule has 0 aliphatic heterocycles. The van der Waals surface area contributed by atoms with Crippen molar-refractivity contribution in [1.82, 2.24) is 19.4 Å². The van der Waals surface area contributed by atoms with Crippen LogP contribution in [0.4, 0.5) is 5.69 Å². The van der Waals surface area contributed by atoms with E-state index in [0.717, 1.165) is 29.7 Å². The molecule has 0 radical (unpaired) electrons. The minimum Gasteiger partial charge on any atom is -0.481 e. The number of hydrogen-bond donors (Lipinski definition) is 2. The molecule has 3 aromatic heterocycles. The van der Waals surface area contributed by atoms with E-state index in [1.807, 2.05) is 30.5 Å². The molecule has 8 nitrogen and oxygen atoms in total. The predicted octanol–water partition coefficient (Wildman–Crippen LogP) is 2.47. The lowest BCUT2D eigenvalue weighted by molar-refractivity contribution is 0.398. The molecule has 0 unspecified atom stereocenters. The number of nitrogens with zero attached hydrogens (tertiary/aromatic N) is 5. The fourth-order valence-corrected chi connectivity index (χ4v) is 2.38. The summed E-state index contributed by atoms with van der Waals surface area (Å²) in [4.78, 5) is 17.1. The van der Waals surface area contributed by atoms with Gasteiger partial charge in [-0.2, -0.15) is 0 Å². The maximum absolute atomic E-state index is 7.00. The quantitative estimate of drug-likeness (QED) is 0.683. The smallest absolute Gasteiger partial charge is 0.234 e. The Balaban J connectivity index is 0.00000117. The van der Waals surface area contributed by atoms with Crippen molar-refractivity contribution in [1.29, 1.82) is 0 Å². The first-order valence-corrected chi connectivity index (χ1v) is 7.82. The van der Waals surface area contributed by atoms with Gasteiger partial charge >= 0.3 is 0 Å². The van der Waals surface area contributed by atoms with Crippen molar-refractivity contribution in [2.24, 2.45) is 4.99 Å². The van der Waals surface area contributed by atoms with Gasteiger partial charge in [0.25, 0.3) is 0 Å². The van der Waals surface area contributed by atoms with Crippen LogP contribution in [-0.4, -0.2) is 45.4 Å². The average molecular weight is 354 g/mol. The van der Waals surface area contributed by atoms with E-state index in [9.17, 15) is 0 Å². The minimum atomic E-state index is 0.561. The monoisotopic (exact) mass is 354 g/mol. The summed E-state index contributed by atoms with van der Waals surface area (Å²) in [7, 11) is 2.58. The highest BCUT2D eigenvalue weighted by Crippen LogP contribution is 2.22. The predicted molar refractivity (Wildman–Crippen MR) is 103 cm³/mol. The van der Waals surface area contributed by atoms with Crippen LogP contribution in [0.25, 0.3) is 11.5 Å². The number of anilines is 1. The molecule has 0 bridgehead atoms. The molecule has 136 valence electrons. The summed E-state index contributed by atoms with van der Waals surface area (Å²) in [6.45, 7) is 7.58. The van der Waals surface area contributed by atoms with Crippen molar-refractivity contribution in [3.63, 3.8) is 0 Å². The van der Waals surface area contributed by atoms with Gasteiger partial charge in [-0.1, -0.05) is 0 Å². The topological polar surface area (TPSA) is 96.9 Å². The van der Waals surface area contributed by atoms with Gasteiger partial charge in [-0.05, 0) is 32.2 Å². The van der Waals surface area contributed by atoms with Crippen LogP contribution in [0.1, 0.15) is 17.0 Å². The zero-order valence-corrected chi connectivity index (χ0v) is 15.3. The molecule has 3 rings (SSSR count). The normalized spacial score (nSPS) is 10.9. The fourth-order valence-electron chi connectivity index (χ4n) is 2.38. The lowest BCUT2D eigenvalue weighted by Crippen LogP contribution is -1.98. The van der Waals surface area contributed by atoms with Crippen LogP contribution in [0.5, 0.6) is 5.88 Å². The number of rotatable bonds is 5. The highest BCUT2D eigenvalue weighted by Gasteiger charge is 2.13. The summed E-state index contributed by atoms with van der Waals surface area (Å²) in [6.07, 6.45) is 7.22. The lowest BCUT2D eigenvalue weighted by atomic mass is 10.2. The van der Waals surface area contributed by atoms with Crippen LogP contribution >= 0.6 is 0 Å². The van der Waals surface area contributed by atoms with Gasteiger partial charge in [0.1, 0.15) is 5.70 Å². The molecule has 26 heavy (non-hydrogen) atoms. The molecule has 0 aliphatic rings. The minimum absolute atomic E-state index is 0.561. The Morgan fingerprint density at radius 3 is 2.65 bits per heavy atom. The number of aliphatic imine (C=N–C) groups is 1. The summed E-state index contributed by atoms with van der Waals surface area (Å²) in [6, 6.07) is 3.65. The average Bonchev–Trinajstić information content (AvgIpc) is 3.00. The molecule has 0 spiro atoms. The first-order valence-electron chi connectivity index (χ1n) is 7.82.